The van der Waals surface area contributed by atoms with Crippen molar-refractivity contribution in [3.05, 3.63) is 65.2 Å². The molecule has 1 aliphatic heterocycles. The van der Waals surface area contributed by atoms with Crippen LogP contribution < -0.4 is 5.32 Å². The van der Waals surface area contributed by atoms with Gasteiger partial charge in [-0.25, -0.2) is 4.79 Å². The Labute approximate surface area is 148 Å². The van der Waals surface area contributed by atoms with Gasteiger partial charge in [0.05, 0.1) is 5.56 Å². The number of nitrogens with zero attached hydrogens (tertiary/aromatic N) is 1. The summed E-state index contributed by atoms with van der Waals surface area (Å²) in [5, 5.41) is 2.60. The highest BCUT2D eigenvalue weighted by Gasteiger charge is 2.33. The molecule has 2 amide bonds. The Bertz CT molecular complexity index is 762. The molecule has 25 heavy (non-hydrogen) atoms. The smallest absolute Gasteiger partial charge is 0.308 e. The number of carbonyl (C=O) groups excluding carboxylic acids is 1. The first-order valence-corrected chi connectivity index (χ1v) is 8.83. The number of thioether (sulfide) groups is 1. The van der Waals surface area contributed by atoms with Gasteiger partial charge in [0, 0.05) is 18.0 Å². The zero-order chi connectivity index (χ0) is 18.0. The molecule has 0 bridgehead atoms. The van der Waals surface area contributed by atoms with E-state index in [2.05, 4.69) is 5.32 Å². The van der Waals surface area contributed by atoms with E-state index >= 15 is 0 Å². The molecule has 1 aliphatic rings. The Kier molecular flexibility index (Phi) is 4.94. The first-order valence-electron chi connectivity index (χ1n) is 7.78. The van der Waals surface area contributed by atoms with Gasteiger partial charge >= 0.3 is 12.2 Å². The molecule has 2 aromatic carbocycles. The van der Waals surface area contributed by atoms with Crippen LogP contribution >= 0.6 is 11.8 Å². The van der Waals surface area contributed by atoms with Crippen molar-refractivity contribution in [2.75, 3.05) is 17.6 Å². The van der Waals surface area contributed by atoms with Crippen molar-refractivity contribution in [1.29, 1.82) is 0 Å². The van der Waals surface area contributed by atoms with Gasteiger partial charge in [0.15, 0.2) is 0 Å². The van der Waals surface area contributed by atoms with Crippen molar-refractivity contribution in [3.63, 3.8) is 0 Å². The molecule has 1 heterocycles. The quantitative estimate of drug-likeness (QED) is 0.783. The minimum absolute atomic E-state index is 0.246. The molecule has 0 aromatic heterocycles. The number of carbonyl (C=O) groups is 1. The summed E-state index contributed by atoms with van der Waals surface area (Å²) < 4.78 is 38.1. The largest absolute Gasteiger partial charge is 0.416 e. The summed E-state index contributed by atoms with van der Waals surface area (Å²) in [6.45, 7) is 2.45. The van der Waals surface area contributed by atoms with Gasteiger partial charge in [0.1, 0.15) is 5.37 Å². The fraction of sp³-hybridized carbons (Fsp3) is 0.278. The minimum atomic E-state index is -4.36. The topological polar surface area (TPSA) is 32.3 Å². The van der Waals surface area contributed by atoms with E-state index in [1.165, 1.54) is 12.1 Å². The molecule has 1 fully saturated rings. The van der Waals surface area contributed by atoms with E-state index in [-0.39, 0.29) is 11.4 Å². The summed E-state index contributed by atoms with van der Waals surface area (Å²) in [6.07, 6.45) is -4.36. The molecule has 132 valence electrons. The SMILES string of the molecule is Cc1ccccc1NC(=O)N1CCSC1c1ccc(C(F)(F)F)cc1. The first kappa shape index (κ1) is 17.7. The molecule has 3 rings (SSSR count). The molecule has 0 saturated carbocycles. The van der Waals surface area contributed by atoms with Crippen LogP contribution in [0.15, 0.2) is 48.5 Å². The number of aryl methyl sites for hydroxylation is 1. The number of hydrogen-bond acceptors (Lipinski definition) is 2. The second-order valence-electron chi connectivity index (χ2n) is 5.78. The lowest BCUT2D eigenvalue weighted by molar-refractivity contribution is -0.137. The molecular weight excluding hydrogens is 349 g/mol. The Morgan fingerprint density at radius 3 is 2.48 bits per heavy atom. The normalized spacial score (nSPS) is 17.6. The van der Waals surface area contributed by atoms with E-state index in [1.807, 2.05) is 31.2 Å². The third-order valence-corrected chi connectivity index (χ3v) is 5.32. The van der Waals surface area contributed by atoms with Crippen molar-refractivity contribution in [3.8, 4) is 0 Å². The van der Waals surface area contributed by atoms with Crippen LogP contribution in [0.3, 0.4) is 0 Å². The lowest BCUT2D eigenvalue weighted by Gasteiger charge is -2.25. The lowest BCUT2D eigenvalue weighted by atomic mass is 10.1. The van der Waals surface area contributed by atoms with Gasteiger partial charge < -0.3 is 10.2 Å². The second kappa shape index (κ2) is 7.00. The van der Waals surface area contributed by atoms with Crippen LogP contribution in [0.2, 0.25) is 0 Å². The molecule has 3 nitrogen and oxygen atoms in total. The third-order valence-electron chi connectivity index (χ3n) is 4.06. The number of alkyl halides is 3. The molecule has 0 radical (unpaired) electrons. The molecule has 1 atom stereocenters. The second-order valence-corrected chi connectivity index (χ2v) is 6.97. The number of anilines is 1. The number of urea groups is 1. The molecule has 0 aliphatic carbocycles. The van der Waals surface area contributed by atoms with E-state index in [4.69, 9.17) is 0 Å². The maximum Gasteiger partial charge on any atom is 0.416 e. The molecule has 1 N–H and O–H groups in total. The number of hydrogen-bond donors (Lipinski definition) is 1. The predicted molar refractivity (Wildman–Crippen MR) is 93.5 cm³/mol. The number of halogens is 3. The van der Waals surface area contributed by atoms with Gasteiger partial charge in [-0.15, -0.1) is 11.8 Å². The Morgan fingerprint density at radius 1 is 1.16 bits per heavy atom. The molecular formula is C18H17F3N2OS. The van der Waals surface area contributed by atoms with Crippen LogP contribution in [0, 0.1) is 6.92 Å². The van der Waals surface area contributed by atoms with E-state index in [0.717, 1.165) is 29.1 Å². The van der Waals surface area contributed by atoms with Gasteiger partial charge in [-0.05, 0) is 36.2 Å². The standard InChI is InChI=1S/C18H17F3N2OS/c1-12-4-2-3-5-15(12)22-17(24)23-10-11-25-16(23)13-6-8-14(9-7-13)18(19,20)21/h2-9,16H,10-11H2,1H3,(H,22,24). The monoisotopic (exact) mass is 366 g/mol. The summed E-state index contributed by atoms with van der Waals surface area (Å²) in [6, 6.07) is 12.2. The number of rotatable bonds is 2. The number of para-hydroxylation sites is 1. The van der Waals surface area contributed by atoms with Crippen LogP contribution in [-0.2, 0) is 6.18 Å². The molecule has 0 spiro atoms. The Balaban J connectivity index is 1.76. The van der Waals surface area contributed by atoms with E-state index in [1.54, 1.807) is 16.7 Å². The average molecular weight is 366 g/mol. The Hall–Kier alpha value is -2.15. The minimum Gasteiger partial charge on any atom is -0.308 e. The number of nitrogens with one attached hydrogen (secondary N) is 1. The summed E-state index contributed by atoms with van der Waals surface area (Å²) in [7, 11) is 0. The fourth-order valence-electron chi connectivity index (χ4n) is 2.69. The fourth-order valence-corrected chi connectivity index (χ4v) is 3.95. The summed E-state index contributed by atoms with van der Waals surface area (Å²) >= 11 is 1.54. The van der Waals surface area contributed by atoms with Crippen LogP contribution in [0.25, 0.3) is 0 Å². The predicted octanol–water partition coefficient (Wildman–Crippen LogP) is 5.29. The van der Waals surface area contributed by atoms with E-state index in [9.17, 15) is 18.0 Å². The van der Waals surface area contributed by atoms with Crippen LogP contribution in [0.4, 0.5) is 23.7 Å². The van der Waals surface area contributed by atoms with Crippen LogP contribution in [0.5, 0.6) is 0 Å². The highest BCUT2D eigenvalue weighted by molar-refractivity contribution is 7.99. The average Bonchev–Trinajstić information content (AvgIpc) is 3.06. The summed E-state index contributed by atoms with van der Waals surface area (Å²) in [5.41, 5.74) is 1.69. The van der Waals surface area contributed by atoms with Gasteiger partial charge in [0.2, 0.25) is 0 Å². The maximum atomic E-state index is 12.7. The van der Waals surface area contributed by atoms with Gasteiger partial charge in [-0.1, -0.05) is 30.3 Å². The van der Waals surface area contributed by atoms with Gasteiger partial charge in [0.25, 0.3) is 0 Å². The van der Waals surface area contributed by atoms with Crippen molar-refractivity contribution >= 4 is 23.5 Å². The highest BCUT2D eigenvalue weighted by Crippen LogP contribution is 2.39. The zero-order valence-electron chi connectivity index (χ0n) is 13.5. The summed E-state index contributed by atoms with van der Waals surface area (Å²) in [5.74, 6) is 0.743. The number of benzene rings is 2. The van der Waals surface area contributed by atoms with E-state index < -0.39 is 11.7 Å². The van der Waals surface area contributed by atoms with Gasteiger partial charge in [-0.2, -0.15) is 13.2 Å². The molecule has 7 heteroatoms. The van der Waals surface area contributed by atoms with Crippen molar-refractivity contribution in [1.82, 2.24) is 4.90 Å². The van der Waals surface area contributed by atoms with Gasteiger partial charge in [-0.3, -0.25) is 0 Å². The summed E-state index contributed by atoms with van der Waals surface area (Å²) in [4.78, 5) is 14.3. The highest BCUT2D eigenvalue weighted by atomic mass is 32.2. The molecule has 1 unspecified atom stereocenters. The molecule has 2 aromatic rings. The van der Waals surface area contributed by atoms with Crippen LogP contribution in [0.1, 0.15) is 22.1 Å². The zero-order valence-corrected chi connectivity index (χ0v) is 14.3. The van der Waals surface area contributed by atoms with Crippen molar-refractivity contribution in [2.45, 2.75) is 18.5 Å². The first-order chi connectivity index (χ1) is 11.9. The maximum absolute atomic E-state index is 12.7. The lowest BCUT2D eigenvalue weighted by Crippen LogP contribution is -2.34. The van der Waals surface area contributed by atoms with Crippen molar-refractivity contribution in [2.24, 2.45) is 0 Å². The molecule has 1 saturated heterocycles. The third kappa shape index (κ3) is 3.92. The number of amides is 2. The van der Waals surface area contributed by atoms with E-state index in [0.29, 0.717) is 12.1 Å². The Morgan fingerprint density at radius 2 is 1.84 bits per heavy atom. The van der Waals surface area contributed by atoms with Crippen molar-refractivity contribution < 1.29 is 18.0 Å². The van der Waals surface area contributed by atoms with Crippen LogP contribution in [-0.4, -0.2) is 23.2 Å².